The fourth-order valence-corrected chi connectivity index (χ4v) is 2.60. The molecule has 0 aliphatic heterocycles. The second-order valence-electron chi connectivity index (χ2n) is 3.86. The zero-order valence-corrected chi connectivity index (χ0v) is 10.5. The van der Waals surface area contributed by atoms with Gasteiger partial charge in [0.2, 0.25) is 0 Å². The third-order valence-electron chi connectivity index (χ3n) is 2.49. The van der Waals surface area contributed by atoms with Crippen LogP contribution in [-0.2, 0) is 0 Å². The zero-order chi connectivity index (χ0) is 13.0. The van der Waals surface area contributed by atoms with Crippen LogP contribution in [0.25, 0.3) is 10.1 Å². The minimum absolute atomic E-state index is 0.131. The summed E-state index contributed by atoms with van der Waals surface area (Å²) in [6.45, 7) is 0.561. The molecule has 2 rings (SSSR count). The predicted molar refractivity (Wildman–Crippen MR) is 72.2 cm³/mol. The smallest absolute Gasteiger partial charge is 0.261 e. The average Bonchev–Trinajstić information content (AvgIpc) is 2.77. The Morgan fingerprint density at radius 3 is 3.06 bits per heavy atom. The van der Waals surface area contributed by atoms with Crippen LogP contribution in [0.5, 0.6) is 0 Å². The van der Waals surface area contributed by atoms with Gasteiger partial charge in [0, 0.05) is 17.7 Å². The molecule has 1 aromatic carbocycles. The Labute approximate surface area is 109 Å². The average molecular weight is 261 g/mol. The Balaban J connectivity index is 2.07. The van der Waals surface area contributed by atoms with Crippen LogP contribution in [0.3, 0.4) is 0 Å². The lowest BCUT2D eigenvalue weighted by atomic mass is 10.2. The van der Waals surface area contributed by atoms with Crippen LogP contribution in [0.15, 0.2) is 24.3 Å². The van der Waals surface area contributed by atoms with E-state index in [4.69, 9.17) is 6.42 Å². The molecule has 92 valence electrons. The summed E-state index contributed by atoms with van der Waals surface area (Å²) in [7, 11) is 0. The number of terminal acetylenes is 1. The number of unbranched alkanes of at least 4 members (excludes halogenated alkanes) is 1. The van der Waals surface area contributed by atoms with E-state index in [1.165, 1.54) is 23.5 Å². The lowest BCUT2D eigenvalue weighted by Crippen LogP contribution is -2.23. The molecule has 1 aromatic heterocycles. The van der Waals surface area contributed by atoms with Gasteiger partial charge in [0.05, 0.1) is 4.88 Å². The number of hydrogen-bond acceptors (Lipinski definition) is 2. The monoisotopic (exact) mass is 261 g/mol. The van der Waals surface area contributed by atoms with Crippen LogP contribution in [0.1, 0.15) is 22.5 Å². The summed E-state index contributed by atoms with van der Waals surface area (Å²) < 4.78 is 13.8. The summed E-state index contributed by atoms with van der Waals surface area (Å²) >= 11 is 1.29. The number of fused-ring (bicyclic) bond motifs is 1. The van der Waals surface area contributed by atoms with Gasteiger partial charge in [-0.2, -0.15) is 0 Å². The molecule has 0 aliphatic rings. The maximum atomic E-state index is 13.0. The van der Waals surface area contributed by atoms with Crippen LogP contribution < -0.4 is 5.32 Å². The number of carbonyl (C=O) groups excluding carboxylic acids is 1. The number of benzene rings is 1. The van der Waals surface area contributed by atoms with Crippen molar-refractivity contribution >= 4 is 27.3 Å². The van der Waals surface area contributed by atoms with Crippen molar-refractivity contribution < 1.29 is 9.18 Å². The van der Waals surface area contributed by atoms with Gasteiger partial charge in [0.1, 0.15) is 5.82 Å². The van der Waals surface area contributed by atoms with Crippen LogP contribution >= 0.6 is 11.3 Å². The first-order chi connectivity index (χ1) is 8.70. The van der Waals surface area contributed by atoms with E-state index >= 15 is 0 Å². The number of hydrogen-bond donors (Lipinski definition) is 1. The summed E-state index contributed by atoms with van der Waals surface area (Å²) in [4.78, 5) is 12.4. The molecule has 0 atom stereocenters. The van der Waals surface area contributed by atoms with E-state index in [2.05, 4.69) is 11.2 Å². The first-order valence-electron chi connectivity index (χ1n) is 5.61. The zero-order valence-electron chi connectivity index (χ0n) is 9.70. The molecule has 0 saturated carbocycles. The highest BCUT2D eigenvalue weighted by Crippen LogP contribution is 2.26. The fourth-order valence-electron chi connectivity index (χ4n) is 1.60. The van der Waals surface area contributed by atoms with Crippen molar-refractivity contribution in [3.63, 3.8) is 0 Å². The molecule has 1 heterocycles. The van der Waals surface area contributed by atoms with Crippen molar-refractivity contribution in [3.8, 4) is 12.3 Å². The number of carbonyl (C=O) groups is 1. The lowest BCUT2D eigenvalue weighted by Gasteiger charge is -2.00. The van der Waals surface area contributed by atoms with Gasteiger partial charge in [-0.25, -0.2) is 4.39 Å². The molecule has 0 bridgehead atoms. The normalized spacial score (nSPS) is 10.2. The molecule has 0 aliphatic carbocycles. The van der Waals surface area contributed by atoms with Gasteiger partial charge in [-0.05, 0) is 30.0 Å². The molecule has 0 fully saturated rings. The summed E-state index contributed by atoms with van der Waals surface area (Å²) in [5.41, 5.74) is 0. The molecule has 0 radical (unpaired) electrons. The molecule has 0 saturated heterocycles. The maximum Gasteiger partial charge on any atom is 0.261 e. The third kappa shape index (κ3) is 2.88. The van der Waals surface area contributed by atoms with Gasteiger partial charge in [0.25, 0.3) is 5.91 Å². The number of rotatable bonds is 4. The van der Waals surface area contributed by atoms with Crippen molar-refractivity contribution in [2.45, 2.75) is 12.8 Å². The Morgan fingerprint density at radius 2 is 2.28 bits per heavy atom. The largest absolute Gasteiger partial charge is 0.351 e. The van der Waals surface area contributed by atoms with Crippen molar-refractivity contribution in [3.05, 3.63) is 35.0 Å². The molecular weight excluding hydrogens is 249 g/mol. The number of thiophene rings is 1. The Kier molecular flexibility index (Phi) is 3.96. The van der Waals surface area contributed by atoms with Gasteiger partial charge in [-0.15, -0.1) is 23.7 Å². The van der Waals surface area contributed by atoms with E-state index in [-0.39, 0.29) is 11.7 Å². The van der Waals surface area contributed by atoms with Crippen molar-refractivity contribution in [2.75, 3.05) is 6.54 Å². The Bertz CT molecular complexity index is 612. The molecule has 0 spiro atoms. The van der Waals surface area contributed by atoms with Crippen molar-refractivity contribution in [2.24, 2.45) is 0 Å². The molecule has 2 aromatic rings. The number of nitrogens with one attached hydrogen (secondary N) is 1. The summed E-state index contributed by atoms with van der Waals surface area (Å²) in [6.07, 6.45) is 6.54. The molecule has 0 unspecified atom stereocenters. The van der Waals surface area contributed by atoms with E-state index in [1.807, 2.05) is 0 Å². The highest BCUT2D eigenvalue weighted by atomic mass is 32.1. The van der Waals surface area contributed by atoms with E-state index in [0.717, 1.165) is 16.5 Å². The number of amides is 1. The summed E-state index contributed by atoms with van der Waals surface area (Å²) in [5.74, 6) is 2.10. The molecule has 1 N–H and O–H groups in total. The molecule has 1 amide bonds. The van der Waals surface area contributed by atoms with Gasteiger partial charge >= 0.3 is 0 Å². The fraction of sp³-hybridized carbons (Fsp3) is 0.214. The quantitative estimate of drug-likeness (QED) is 0.664. The van der Waals surface area contributed by atoms with E-state index in [0.29, 0.717) is 17.8 Å². The van der Waals surface area contributed by atoms with Crippen LogP contribution in [0.2, 0.25) is 0 Å². The van der Waals surface area contributed by atoms with Crippen LogP contribution in [0.4, 0.5) is 4.39 Å². The predicted octanol–water partition coefficient (Wildman–Crippen LogP) is 3.18. The molecule has 4 heteroatoms. The Hall–Kier alpha value is -1.86. The third-order valence-corrected chi connectivity index (χ3v) is 3.59. The molecule has 2 nitrogen and oxygen atoms in total. The number of halogens is 1. The minimum Gasteiger partial charge on any atom is -0.351 e. The molecular formula is C14H12FNOS. The van der Waals surface area contributed by atoms with Crippen molar-refractivity contribution in [1.82, 2.24) is 5.32 Å². The van der Waals surface area contributed by atoms with Gasteiger partial charge in [-0.3, -0.25) is 4.79 Å². The van der Waals surface area contributed by atoms with E-state index < -0.39 is 0 Å². The summed E-state index contributed by atoms with van der Waals surface area (Å²) in [5, 5.41) is 3.68. The van der Waals surface area contributed by atoms with Crippen LogP contribution in [0, 0.1) is 18.2 Å². The molecule has 18 heavy (non-hydrogen) atoms. The van der Waals surface area contributed by atoms with Crippen LogP contribution in [-0.4, -0.2) is 12.5 Å². The maximum absolute atomic E-state index is 13.0. The second kappa shape index (κ2) is 5.65. The van der Waals surface area contributed by atoms with E-state index in [1.54, 1.807) is 12.1 Å². The minimum atomic E-state index is -0.287. The topological polar surface area (TPSA) is 29.1 Å². The standard InChI is InChI=1S/C14H12FNOS/c1-2-3-4-7-16-14(17)13-8-10-5-6-11(15)9-12(10)18-13/h1,5-6,8-9H,3-4,7H2,(H,16,17). The van der Waals surface area contributed by atoms with Gasteiger partial charge in [-0.1, -0.05) is 6.07 Å². The SMILES string of the molecule is C#CCCCNC(=O)c1cc2ccc(F)cc2s1. The second-order valence-corrected chi connectivity index (χ2v) is 4.94. The van der Waals surface area contributed by atoms with E-state index in [9.17, 15) is 9.18 Å². The van der Waals surface area contributed by atoms with Gasteiger partial charge in [0.15, 0.2) is 0 Å². The first-order valence-corrected chi connectivity index (χ1v) is 6.43. The highest BCUT2D eigenvalue weighted by molar-refractivity contribution is 7.20. The highest BCUT2D eigenvalue weighted by Gasteiger charge is 2.09. The van der Waals surface area contributed by atoms with Gasteiger partial charge < -0.3 is 5.32 Å². The Morgan fingerprint density at radius 1 is 1.44 bits per heavy atom. The van der Waals surface area contributed by atoms with Crippen molar-refractivity contribution in [1.29, 1.82) is 0 Å². The lowest BCUT2D eigenvalue weighted by molar-refractivity contribution is 0.0957. The first kappa shape index (κ1) is 12.6. The summed E-state index contributed by atoms with van der Waals surface area (Å²) in [6, 6.07) is 6.28.